The molecule has 4 rings (SSSR count). The number of aromatic nitrogens is 4. The third-order valence-corrected chi connectivity index (χ3v) is 4.59. The largest absolute Gasteiger partial charge is 0.460 e. The maximum absolute atomic E-state index is 12.8. The van der Waals surface area contributed by atoms with Gasteiger partial charge in [0, 0.05) is 25.4 Å². The number of carbonyl (C=O) groups is 1. The van der Waals surface area contributed by atoms with Crippen molar-refractivity contribution in [1.82, 2.24) is 24.9 Å². The third kappa shape index (κ3) is 3.09. The summed E-state index contributed by atoms with van der Waals surface area (Å²) in [5, 5.41) is 11.5. The topological polar surface area (TPSA) is 80.0 Å². The molecule has 130 valence electrons. The summed E-state index contributed by atoms with van der Waals surface area (Å²) in [6, 6.07) is 5.73. The maximum Gasteiger partial charge on any atom is 0.274 e. The van der Waals surface area contributed by atoms with Crippen molar-refractivity contribution in [1.29, 1.82) is 0 Å². The molecule has 1 saturated heterocycles. The number of hydrogen-bond acceptors (Lipinski definition) is 4. The van der Waals surface area contributed by atoms with Gasteiger partial charge < -0.3 is 9.32 Å². The molecular weight excluding hydrogens is 318 g/mol. The highest BCUT2D eigenvalue weighted by Gasteiger charge is 2.27. The number of amides is 1. The zero-order chi connectivity index (χ0) is 17.4. The number of carbonyl (C=O) groups excluding carboxylic acids is 1. The highest BCUT2D eigenvalue weighted by Crippen LogP contribution is 2.24. The lowest BCUT2D eigenvalue weighted by Gasteiger charge is -2.32. The summed E-state index contributed by atoms with van der Waals surface area (Å²) in [4.78, 5) is 14.7. The number of furan rings is 1. The van der Waals surface area contributed by atoms with Crippen molar-refractivity contribution in [2.45, 2.75) is 32.7 Å². The van der Waals surface area contributed by atoms with Crippen LogP contribution in [0.2, 0.25) is 0 Å². The lowest BCUT2D eigenvalue weighted by molar-refractivity contribution is 0.0667. The van der Waals surface area contributed by atoms with Crippen LogP contribution in [0.4, 0.5) is 0 Å². The van der Waals surface area contributed by atoms with Crippen LogP contribution in [0.15, 0.2) is 35.0 Å². The molecule has 25 heavy (non-hydrogen) atoms. The van der Waals surface area contributed by atoms with Gasteiger partial charge in [0.05, 0.1) is 12.2 Å². The molecule has 0 aromatic carbocycles. The molecule has 3 aromatic heterocycles. The molecule has 1 atom stereocenters. The lowest BCUT2D eigenvalue weighted by atomic mass is 10.1. The number of piperidine rings is 1. The molecule has 1 aliphatic rings. The zero-order valence-corrected chi connectivity index (χ0v) is 14.4. The van der Waals surface area contributed by atoms with Crippen molar-refractivity contribution in [3.8, 4) is 11.5 Å². The Morgan fingerprint density at radius 2 is 2.24 bits per heavy atom. The number of likely N-dealkylation sites (tertiary alicyclic amines) is 1. The summed E-state index contributed by atoms with van der Waals surface area (Å²) in [7, 11) is 0. The summed E-state index contributed by atoms with van der Waals surface area (Å²) in [6.07, 6.45) is 5.88. The predicted molar refractivity (Wildman–Crippen MR) is 92.2 cm³/mol. The minimum Gasteiger partial charge on any atom is -0.460 e. The lowest BCUT2D eigenvalue weighted by Crippen LogP contribution is -2.41. The van der Waals surface area contributed by atoms with Gasteiger partial charge in [0.15, 0.2) is 11.5 Å². The Morgan fingerprint density at radius 3 is 2.96 bits per heavy atom. The monoisotopic (exact) mass is 339 g/mol. The number of aromatic amines is 1. The second kappa shape index (κ2) is 6.23. The number of rotatable bonds is 3. The third-order valence-electron chi connectivity index (χ3n) is 4.59. The molecule has 1 aliphatic heterocycles. The highest BCUT2D eigenvalue weighted by atomic mass is 16.3. The van der Waals surface area contributed by atoms with Crippen LogP contribution >= 0.6 is 0 Å². The van der Waals surface area contributed by atoms with Crippen LogP contribution in [0, 0.1) is 13.8 Å². The molecule has 1 N–H and O–H groups in total. The van der Waals surface area contributed by atoms with Gasteiger partial charge in [0.1, 0.15) is 11.5 Å². The van der Waals surface area contributed by atoms with Crippen molar-refractivity contribution < 1.29 is 9.21 Å². The Balaban J connectivity index is 1.49. The van der Waals surface area contributed by atoms with Gasteiger partial charge in [-0.1, -0.05) is 0 Å². The van der Waals surface area contributed by atoms with Crippen LogP contribution in [0.1, 0.15) is 40.7 Å². The fraction of sp³-hybridized carbons (Fsp3) is 0.389. The van der Waals surface area contributed by atoms with E-state index >= 15 is 0 Å². The Bertz CT molecular complexity index is 891. The minimum atomic E-state index is -0.0562. The van der Waals surface area contributed by atoms with E-state index in [2.05, 4.69) is 15.3 Å². The quantitative estimate of drug-likeness (QED) is 0.795. The average molecular weight is 339 g/mol. The van der Waals surface area contributed by atoms with Crippen LogP contribution in [0.5, 0.6) is 0 Å². The second-order valence-corrected chi connectivity index (χ2v) is 6.62. The molecule has 7 heteroatoms. The van der Waals surface area contributed by atoms with E-state index in [1.807, 2.05) is 48.0 Å². The Kier molecular flexibility index (Phi) is 3.91. The number of hydrogen-bond donors (Lipinski definition) is 1. The summed E-state index contributed by atoms with van der Waals surface area (Å²) in [6.45, 7) is 5.31. The van der Waals surface area contributed by atoms with Crippen molar-refractivity contribution in [2.24, 2.45) is 0 Å². The minimum absolute atomic E-state index is 0.0562. The average Bonchev–Trinajstić information content (AvgIpc) is 3.34. The first-order chi connectivity index (χ1) is 12.1. The van der Waals surface area contributed by atoms with Crippen LogP contribution in [-0.4, -0.2) is 43.9 Å². The van der Waals surface area contributed by atoms with E-state index in [9.17, 15) is 4.79 Å². The Morgan fingerprint density at radius 1 is 1.36 bits per heavy atom. The Hall–Kier alpha value is -2.83. The number of nitrogens with zero attached hydrogens (tertiary/aromatic N) is 4. The first kappa shape index (κ1) is 15.7. The molecule has 1 fully saturated rings. The van der Waals surface area contributed by atoms with Crippen molar-refractivity contribution in [3.05, 3.63) is 47.6 Å². The maximum atomic E-state index is 12.8. The smallest absolute Gasteiger partial charge is 0.274 e. The zero-order valence-electron chi connectivity index (χ0n) is 14.4. The first-order valence-electron chi connectivity index (χ1n) is 8.52. The van der Waals surface area contributed by atoms with Gasteiger partial charge >= 0.3 is 0 Å². The molecule has 1 amide bonds. The predicted octanol–water partition coefficient (Wildman–Crippen LogP) is 2.96. The number of nitrogens with one attached hydrogen (secondary N) is 1. The molecule has 0 bridgehead atoms. The van der Waals surface area contributed by atoms with Crippen molar-refractivity contribution in [3.63, 3.8) is 0 Å². The van der Waals surface area contributed by atoms with Gasteiger partial charge in [-0.25, -0.2) is 0 Å². The van der Waals surface area contributed by atoms with Gasteiger partial charge in [-0.2, -0.15) is 10.2 Å². The van der Waals surface area contributed by atoms with Crippen LogP contribution < -0.4 is 0 Å². The normalized spacial score (nSPS) is 17.8. The first-order valence-corrected chi connectivity index (χ1v) is 8.52. The fourth-order valence-electron chi connectivity index (χ4n) is 3.29. The van der Waals surface area contributed by atoms with Gasteiger partial charge in [-0.3, -0.25) is 14.6 Å². The number of H-pyrrole nitrogens is 1. The van der Waals surface area contributed by atoms with Gasteiger partial charge in [-0.15, -0.1) is 0 Å². The van der Waals surface area contributed by atoms with E-state index in [4.69, 9.17) is 4.42 Å². The van der Waals surface area contributed by atoms with Gasteiger partial charge in [-0.05, 0) is 44.4 Å². The summed E-state index contributed by atoms with van der Waals surface area (Å²) < 4.78 is 7.55. The molecular formula is C18H21N5O2. The number of aryl methyl sites for hydroxylation is 2. The summed E-state index contributed by atoms with van der Waals surface area (Å²) >= 11 is 0. The summed E-state index contributed by atoms with van der Waals surface area (Å²) in [5.74, 6) is 1.46. The van der Waals surface area contributed by atoms with E-state index in [0.29, 0.717) is 23.7 Å². The van der Waals surface area contributed by atoms with E-state index in [1.54, 1.807) is 6.07 Å². The molecule has 0 saturated carbocycles. The molecule has 0 radical (unpaired) electrons. The molecule has 4 heterocycles. The van der Waals surface area contributed by atoms with E-state index in [-0.39, 0.29) is 11.9 Å². The molecule has 0 aliphatic carbocycles. The van der Waals surface area contributed by atoms with Crippen molar-refractivity contribution >= 4 is 5.91 Å². The standard InChI is InChI=1S/C18H21N5O2/c1-12-9-19-23(10-12)14-4-3-7-22(11-14)18(24)16-8-15(20-21-16)17-6-5-13(2)25-17/h5-6,8-10,14H,3-4,7,11H2,1-2H3,(H,20,21)/t14-/m1/s1. The van der Waals surface area contributed by atoms with Gasteiger partial charge in [0.2, 0.25) is 0 Å². The SMILES string of the molecule is Cc1cnn([C@@H]2CCCN(C(=O)c3cc(-c4ccc(C)o4)[nH]n3)C2)c1. The summed E-state index contributed by atoms with van der Waals surface area (Å²) in [5.41, 5.74) is 2.27. The molecule has 3 aromatic rings. The van der Waals surface area contributed by atoms with E-state index in [0.717, 1.165) is 30.7 Å². The van der Waals surface area contributed by atoms with E-state index in [1.165, 1.54) is 0 Å². The fourth-order valence-corrected chi connectivity index (χ4v) is 3.29. The Labute approximate surface area is 145 Å². The molecule has 7 nitrogen and oxygen atoms in total. The van der Waals surface area contributed by atoms with Crippen LogP contribution in [-0.2, 0) is 0 Å². The van der Waals surface area contributed by atoms with Crippen LogP contribution in [0.3, 0.4) is 0 Å². The van der Waals surface area contributed by atoms with E-state index < -0.39 is 0 Å². The molecule has 0 spiro atoms. The highest BCUT2D eigenvalue weighted by molar-refractivity contribution is 5.93. The second-order valence-electron chi connectivity index (χ2n) is 6.62. The van der Waals surface area contributed by atoms with Crippen molar-refractivity contribution in [2.75, 3.05) is 13.1 Å². The van der Waals surface area contributed by atoms with Crippen LogP contribution in [0.25, 0.3) is 11.5 Å². The van der Waals surface area contributed by atoms with Gasteiger partial charge in [0.25, 0.3) is 5.91 Å². The molecule has 0 unspecified atom stereocenters.